The van der Waals surface area contributed by atoms with E-state index in [0.717, 1.165) is 4.31 Å². The number of methoxy groups -OCH3 is 2. The molecule has 0 heterocycles. The van der Waals surface area contributed by atoms with Gasteiger partial charge in [-0.1, -0.05) is 29.3 Å². The van der Waals surface area contributed by atoms with Crippen LogP contribution in [0.4, 0.5) is 0 Å². The summed E-state index contributed by atoms with van der Waals surface area (Å²) in [6, 6.07) is 9.35. The fraction of sp³-hybridized carbons (Fsp3) is 0.278. The number of hydrogen-bond donors (Lipinski definition) is 1. The predicted molar refractivity (Wildman–Crippen MR) is 108 cm³/mol. The van der Waals surface area contributed by atoms with Gasteiger partial charge in [-0.05, 0) is 30.3 Å². The summed E-state index contributed by atoms with van der Waals surface area (Å²) >= 11 is 11.8. The maximum Gasteiger partial charge on any atom is 0.244 e. The van der Waals surface area contributed by atoms with E-state index in [9.17, 15) is 13.2 Å². The molecule has 1 N–H and O–H groups in total. The molecule has 0 aliphatic rings. The molecule has 28 heavy (non-hydrogen) atoms. The first-order chi connectivity index (χ1) is 13.2. The zero-order valence-electron chi connectivity index (χ0n) is 15.5. The number of nitrogens with zero attached hydrogens (tertiary/aromatic N) is 1. The molecule has 1 amide bonds. The highest BCUT2D eigenvalue weighted by molar-refractivity contribution is 7.89. The molecule has 2 aromatic carbocycles. The Morgan fingerprint density at radius 1 is 1.11 bits per heavy atom. The second-order valence-electron chi connectivity index (χ2n) is 5.75. The maximum absolute atomic E-state index is 12.7. The highest BCUT2D eigenvalue weighted by Gasteiger charge is 2.26. The monoisotopic (exact) mass is 446 g/mol. The summed E-state index contributed by atoms with van der Waals surface area (Å²) in [4.78, 5) is 12.1. The van der Waals surface area contributed by atoms with Crippen molar-refractivity contribution in [3.8, 4) is 11.5 Å². The minimum absolute atomic E-state index is 0.0235. The number of benzene rings is 2. The van der Waals surface area contributed by atoms with Crippen molar-refractivity contribution < 1.29 is 22.7 Å². The Balaban J connectivity index is 2.10. The van der Waals surface area contributed by atoms with Crippen LogP contribution in [0.2, 0.25) is 10.0 Å². The van der Waals surface area contributed by atoms with Crippen molar-refractivity contribution in [1.29, 1.82) is 0 Å². The number of rotatable bonds is 8. The lowest BCUT2D eigenvalue weighted by Crippen LogP contribution is -2.38. The van der Waals surface area contributed by atoms with Gasteiger partial charge in [0.15, 0.2) is 0 Å². The Bertz CT molecular complexity index is 944. The van der Waals surface area contributed by atoms with Crippen LogP contribution in [0.5, 0.6) is 11.5 Å². The van der Waals surface area contributed by atoms with E-state index in [1.807, 2.05) is 0 Å². The maximum atomic E-state index is 12.7. The van der Waals surface area contributed by atoms with Crippen LogP contribution in [0.3, 0.4) is 0 Å². The van der Waals surface area contributed by atoms with Crippen LogP contribution in [-0.4, -0.2) is 46.4 Å². The first kappa shape index (κ1) is 22.3. The van der Waals surface area contributed by atoms with Crippen LogP contribution in [-0.2, 0) is 21.4 Å². The van der Waals surface area contributed by atoms with Crippen molar-refractivity contribution in [3.63, 3.8) is 0 Å². The summed E-state index contributed by atoms with van der Waals surface area (Å²) in [5.74, 6) is 0.592. The van der Waals surface area contributed by atoms with E-state index in [1.165, 1.54) is 39.5 Å². The molecular weight excluding hydrogens is 427 g/mol. The topological polar surface area (TPSA) is 84.9 Å². The lowest BCUT2D eigenvalue weighted by molar-refractivity contribution is -0.121. The molecule has 0 aliphatic heterocycles. The Morgan fingerprint density at radius 2 is 1.71 bits per heavy atom. The number of nitrogens with one attached hydrogen (secondary N) is 1. The third-order valence-electron chi connectivity index (χ3n) is 3.94. The Morgan fingerprint density at radius 3 is 2.29 bits per heavy atom. The number of hydrogen-bond acceptors (Lipinski definition) is 5. The molecule has 0 spiro atoms. The third kappa shape index (κ3) is 5.08. The normalized spacial score (nSPS) is 11.4. The van der Waals surface area contributed by atoms with Gasteiger partial charge in [0.05, 0.1) is 37.9 Å². The molecular formula is C18H20Cl2N2O5S. The van der Waals surface area contributed by atoms with Crippen LogP contribution in [0.15, 0.2) is 41.3 Å². The van der Waals surface area contributed by atoms with Crippen molar-refractivity contribution in [2.24, 2.45) is 0 Å². The van der Waals surface area contributed by atoms with E-state index in [2.05, 4.69) is 5.32 Å². The van der Waals surface area contributed by atoms with Crippen molar-refractivity contribution in [1.82, 2.24) is 9.62 Å². The lowest BCUT2D eigenvalue weighted by Gasteiger charge is -2.18. The quantitative estimate of drug-likeness (QED) is 0.673. The minimum Gasteiger partial charge on any atom is -0.496 e. The second kappa shape index (κ2) is 9.47. The zero-order valence-corrected chi connectivity index (χ0v) is 17.9. The van der Waals surface area contributed by atoms with E-state index in [1.54, 1.807) is 18.2 Å². The average Bonchev–Trinajstić information content (AvgIpc) is 2.67. The van der Waals surface area contributed by atoms with Gasteiger partial charge in [-0.15, -0.1) is 0 Å². The summed E-state index contributed by atoms with van der Waals surface area (Å²) < 4.78 is 36.8. The second-order valence-corrected chi connectivity index (χ2v) is 8.61. The van der Waals surface area contributed by atoms with Crippen LogP contribution >= 0.6 is 23.2 Å². The first-order valence-corrected chi connectivity index (χ1v) is 10.3. The van der Waals surface area contributed by atoms with Crippen LogP contribution < -0.4 is 14.8 Å². The molecule has 2 rings (SSSR count). The summed E-state index contributed by atoms with van der Waals surface area (Å²) in [7, 11) is 0.317. The van der Waals surface area contributed by atoms with Gasteiger partial charge in [0.2, 0.25) is 15.9 Å². The molecule has 7 nitrogen and oxygen atoms in total. The van der Waals surface area contributed by atoms with Gasteiger partial charge in [0.25, 0.3) is 0 Å². The van der Waals surface area contributed by atoms with Gasteiger partial charge in [-0.25, -0.2) is 8.42 Å². The van der Waals surface area contributed by atoms with Crippen molar-refractivity contribution in [2.45, 2.75) is 11.4 Å². The van der Waals surface area contributed by atoms with E-state index < -0.39 is 22.5 Å². The molecule has 0 fully saturated rings. The van der Waals surface area contributed by atoms with Crippen molar-refractivity contribution in [2.75, 3.05) is 27.8 Å². The number of amides is 1. The lowest BCUT2D eigenvalue weighted by atomic mass is 10.1. The largest absolute Gasteiger partial charge is 0.496 e. The van der Waals surface area contributed by atoms with Crippen LogP contribution in [0.1, 0.15) is 5.56 Å². The fourth-order valence-corrected chi connectivity index (χ4v) is 4.34. The number of likely N-dealkylation sites (N-methyl/N-ethyl adjacent to an activating group) is 1. The minimum atomic E-state index is -3.99. The molecule has 0 aromatic heterocycles. The van der Waals surface area contributed by atoms with E-state index in [0.29, 0.717) is 17.1 Å². The van der Waals surface area contributed by atoms with E-state index >= 15 is 0 Å². The number of carbonyl (C=O) groups is 1. The van der Waals surface area contributed by atoms with Crippen LogP contribution in [0, 0.1) is 0 Å². The summed E-state index contributed by atoms with van der Waals surface area (Å²) in [6.07, 6.45) is 0. The van der Waals surface area contributed by atoms with E-state index in [-0.39, 0.29) is 21.5 Å². The van der Waals surface area contributed by atoms with Gasteiger partial charge < -0.3 is 14.8 Å². The predicted octanol–water partition coefficient (Wildman–Crippen LogP) is 2.95. The zero-order chi connectivity index (χ0) is 20.9. The summed E-state index contributed by atoms with van der Waals surface area (Å²) in [6.45, 7) is -0.291. The number of sulfonamides is 1. The number of carbonyl (C=O) groups excluding carboxylic acids is 1. The molecule has 0 aliphatic carbocycles. The Hall–Kier alpha value is -2.00. The van der Waals surface area contributed by atoms with Gasteiger partial charge in [-0.3, -0.25) is 4.79 Å². The molecule has 0 bridgehead atoms. The highest BCUT2D eigenvalue weighted by Crippen LogP contribution is 2.28. The summed E-state index contributed by atoms with van der Waals surface area (Å²) in [5, 5.41) is 2.91. The SMILES string of the molecule is COc1cccc(OC)c1CNC(=O)CN(C)S(=O)(=O)c1cc(Cl)ccc1Cl. The molecule has 0 radical (unpaired) electrons. The fourth-order valence-electron chi connectivity index (χ4n) is 2.48. The van der Waals surface area contributed by atoms with Gasteiger partial charge >= 0.3 is 0 Å². The standard InChI is InChI=1S/C18H20Cl2N2O5S/c1-22(28(24,25)17-9-12(19)7-8-14(17)20)11-18(23)21-10-13-15(26-2)5-4-6-16(13)27-3/h4-9H,10-11H2,1-3H3,(H,21,23). The van der Waals surface area contributed by atoms with Crippen molar-refractivity contribution >= 4 is 39.1 Å². The van der Waals surface area contributed by atoms with Crippen molar-refractivity contribution in [3.05, 3.63) is 52.0 Å². The van der Waals surface area contributed by atoms with Gasteiger partial charge in [0, 0.05) is 12.1 Å². The number of ether oxygens (including phenoxy) is 2. The number of halogens is 2. The molecule has 0 saturated heterocycles. The average molecular weight is 447 g/mol. The third-order valence-corrected chi connectivity index (χ3v) is 6.46. The molecule has 152 valence electrons. The van der Waals surface area contributed by atoms with Gasteiger partial charge in [-0.2, -0.15) is 4.31 Å². The van der Waals surface area contributed by atoms with E-state index in [4.69, 9.17) is 32.7 Å². The smallest absolute Gasteiger partial charge is 0.244 e. The Kier molecular flexibility index (Phi) is 7.54. The molecule has 2 aromatic rings. The van der Waals surface area contributed by atoms with Crippen LogP contribution in [0.25, 0.3) is 0 Å². The molecule has 0 atom stereocenters. The first-order valence-electron chi connectivity index (χ1n) is 8.08. The Labute approximate surface area is 174 Å². The molecule has 0 unspecified atom stereocenters. The summed E-state index contributed by atoms with van der Waals surface area (Å²) in [5.41, 5.74) is 0.643. The molecule has 10 heteroatoms. The van der Waals surface area contributed by atoms with Gasteiger partial charge in [0.1, 0.15) is 16.4 Å². The highest BCUT2D eigenvalue weighted by atomic mass is 35.5. The molecule has 0 saturated carbocycles.